The summed E-state index contributed by atoms with van der Waals surface area (Å²) >= 11 is 0. The molecule has 0 aromatic rings. The Kier molecular flexibility index (Phi) is 2.89. The summed E-state index contributed by atoms with van der Waals surface area (Å²) in [6, 6.07) is 0.604. The van der Waals surface area contributed by atoms with Gasteiger partial charge in [-0.2, -0.15) is 0 Å². The van der Waals surface area contributed by atoms with Gasteiger partial charge in [-0.1, -0.05) is 26.2 Å². The molecule has 1 atom stereocenters. The molecule has 1 aliphatic heterocycles. The summed E-state index contributed by atoms with van der Waals surface area (Å²) in [5.41, 5.74) is 0.358. The van der Waals surface area contributed by atoms with Gasteiger partial charge in [-0.25, -0.2) is 0 Å². The van der Waals surface area contributed by atoms with Crippen molar-refractivity contribution in [3.8, 4) is 0 Å². The average Bonchev–Trinajstić information content (AvgIpc) is 2.19. The fraction of sp³-hybridized carbons (Fsp3) is 1.00. The SMILES string of the molecule is CCC1COCC2(CCCCC2)N1. The molecule has 2 aliphatic rings. The van der Waals surface area contributed by atoms with E-state index >= 15 is 0 Å². The van der Waals surface area contributed by atoms with Gasteiger partial charge < -0.3 is 10.1 Å². The summed E-state index contributed by atoms with van der Waals surface area (Å²) in [4.78, 5) is 0. The van der Waals surface area contributed by atoms with E-state index in [1.807, 2.05) is 0 Å². The number of nitrogens with one attached hydrogen (secondary N) is 1. The van der Waals surface area contributed by atoms with Gasteiger partial charge in [0.25, 0.3) is 0 Å². The Bertz CT molecular complexity index is 158. The molecule has 1 heterocycles. The zero-order valence-corrected chi connectivity index (χ0v) is 8.64. The highest BCUT2D eigenvalue weighted by Crippen LogP contribution is 2.31. The smallest absolute Gasteiger partial charge is 0.0649 e. The quantitative estimate of drug-likeness (QED) is 0.672. The van der Waals surface area contributed by atoms with Gasteiger partial charge >= 0.3 is 0 Å². The lowest BCUT2D eigenvalue weighted by atomic mass is 9.81. The first kappa shape index (κ1) is 9.47. The van der Waals surface area contributed by atoms with Crippen LogP contribution in [0.2, 0.25) is 0 Å². The largest absolute Gasteiger partial charge is 0.378 e. The fourth-order valence-electron chi connectivity index (χ4n) is 2.65. The van der Waals surface area contributed by atoms with Crippen LogP contribution in [0.15, 0.2) is 0 Å². The molecular weight excluding hydrogens is 162 g/mol. The number of morpholine rings is 1. The highest BCUT2D eigenvalue weighted by molar-refractivity contribution is 4.95. The zero-order valence-electron chi connectivity index (χ0n) is 8.64. The average molecular weight is 183 g/mol. The van der Waals surface area contributed by atoms with E-state index in [-0.39, 0.29) is 0 Å². The van der Waals surface area contributed by atoms with Crippen LogP contribution in [0.4, 0.5) is 0 Å². The zero-order chi connectivity index (χ0) is 9.15. The van der Waals surface area contributed by atoms with Gasteiger partial charge in [0.1, 0.15) is 0 Å². The van der Waals surface area contributed by atoms with Gasteiger partial charge in [-0.15, -0.1) is 0 Å². The minimum atomic E-state index is 0.358. The minimum absolute atomic E-state index is 0.358. The molecule has 76 valence electrons. The van der Waals surface area contributed by atoms with Crippen LogP contribution < -0.4 is 5.32 Å². The van der Waals surface area contributed by atoms with Gasteiger partial charge in [0, 0.05) is 11.6 Å². The van der Waals surface area contributed by atoms with Crippen LogP contribution in [-0.4, -0.2) is 24.8 Å². The van der Waals surface area contributed by atoms with Crippen LogP contribution in [0, 0.1) is 0 Å². The summed E-state index contributed by atoms with van der Waals surface area (Å²) in [5, 5.41) is 3.79. The van der Waals surface area contributed by atoms with Crippen molar-refractivity contribution in [2.24, 2.45) is 0 Å². The Hall–Kier alpha value is -0.0800. The van der Waals surface area contributed by atoms with E-state index < -0.39 is 0 Å². The van der Waals surface area contributed by atoms with Gasteiger partial charge in [0.05, 0.1) is 13.2 Å². The Morgan fingerprint density at radius 3 is 2.77 bits per heavy atom. The second kappa shape index (κ2) is 3.97. The Labute approximate surface area is 81.0 Å². The van der Waals surface area contributed by atoms with E-state index in [0.29, 0.717) is 11.6 Å². The third-order valence-electron chi connectivity index (χ3n) is 3.51. The Balaban J connectivity index is 1.95. The van der Waals surface area contributed by atoms with Crippen LogP contribution in [0.3, 0.4) is 0 Å². The molecule has 1 saturated heterocycles. The lowest BCUT2D eigenvalue weighted by Gasteiger charge is -2.44. The van der Waals surface area contributed by atoms with Crippen LogP contribution in [0.1, 0.15) is 45.4 Å². The predicted octanol–water partition coefficient (Wildman–Crippen LogP) is 2.09. The van der Waals surface area contributed by atoms with E-state index in [0.717, 1.165) is 13.2 Å². The molecule has 0 bridgehead atoms. The van der Waals surface area contributed by atoms with Crippen LogP contribution >= 0.6 is 0 Å². The number of hydrogen-bond acceptors (Lipinski definition) is 2. The molecule has 0 aromatic heterocycles. The standard InChI is InChI=1S/C11H21NO/c1-2-10-8-13-9-11(12-10)6-4-3-5-7-11/h10,12H,2-9H2,1H3. The van der Waals surface area contributed by atoms with Crippen LogP contribution in [0.5, 0.6) is 0 Å². The molecule has 1 N–H and O–H groups in total. The number of rotatable bonds is 1. The maximum absolute atomic E-state index is 5.70. The van der Waals surface area contributed by atoms with Gasteiger partial charge in [0.15, 0.2) is 0 Å². The molecule has 13 heavy (non-hydrogen) atoms. The molecule has 0 amide bonds. The topological polar surface area (TPSA) is 21.3 Å². The lowest BCUT2D eigenvalue weighted by molar-refractivity contribution is -0.0181. The summed E-state index contributed by atoms with van der Waals surface area (Å²) < 4.78 is 5.70. The normalized spacial score (nSPS) is 33.5. The molecule has 2 nitrogen and oxygen atoms in total. The number of hydrogen-bond donors (Lipinski definition) is 1. The van der Waals surface area contributed by atoms with Crippen LogP contribution in [0.25, 0.3) is 0 Å². The monoisotopic (exact) mass is 183 g/mol. The van der Waals surface area contributed by atoms with E-state index in [1.54, 1.807) is 0 Å². The van der Waals surface area contributed by atoms with Gasteiger partial charge in [-0.3, -0.25) is 0 Å². The lowest BCUT2D eigenvalue weighted by Crippen LogP contribution is -2.59. The molecule has 1 unspecified atom stereocenters. The second-order valence-electron chi connectivity index (χ2n) is 4.61. The van der Waals surface area contributed by atoms with Crippen molar-refractivity contribution in [1.82, 2.24) is 5.32 Å². The molecule has 2 fully saturated rings. The summed E-state index contributed by atoms with van der Waals surface area (Å²) in [7, 11) is 0. The first-order valence-corrected chi connectivity index (χ1v) is 5.70. The third-order valence-corrected chi connectivity index (χ3v) is 3.51. The van der Waals surface area contributed by atoms with Crippen molar-refractivity contribution in [2.75, 3.05) is 13.2 Å². The van der Waals surface area contributed by atoms with E-state index in [4.69, 9.17) is 4.74 Å². The maximum atomic E-state index is 5.70. The van der Waals surface area contributed by atoms with Gasteiger partial charge in [0.2, 0.25) is 0 Å². The molecule has 2 heteroatoms. The number of ether oxygens (including phenoxy) is 1. The molecule has 0 aromatic carbocycles. The molecule has 1 aliphatic carbocycles. The summed E-state index contributed by atoms with van der Waals surface area (Å²) in [6.45, 7) is 4.10. The van der Waals surface area contributed by atoms with Crippen molar-refractivity contribution in [1.29, 1.82) is 0 Å². The van der Waals surface area contributed by atoms with Crippen molar-refractivity contribution in [2.45, 2.75) is 57.0 Å². The maximum Gasteiger partial charge on any atom is 0.0649 e. The molecular formula is C11H21NO. The van der Waals surface area contributed by atoms with Crippen molar-refractivity contribution >= 4 is 0 Å². The van der Waals surface area contributed by atoms with Crippen molar-refractivity contribution in [3.05, 3.63) is 0 Å². The van der Waals surface area contributed by atoms with Crippen LogP contribution in [-0.2, 0) is 4.74 Å². The first-order valence-electron chi connectivity index (χ1n) is 5.70. The highest BCUT2D eigenvalue weighted by atomic mass is 16.5. The molecule has 2 rings (SSSR count). The van der Waals surface area contributed by atoms with E-state index in [2.05, 4.69) is 12.2 Å². The van der Waals surface area contributed by atoms with Gasteiger partial charge in [-0.05, 0) is 19.3 Å². The highest BCUT2D eigenvalue weighted by Gasteiger charge is 2.36. The molecule has 0 radical (unpaired) electrons. The predicted molar refractivity (Wildman–Crippen MR) is 53.8 cm³/mol. The van der Waals surface area contributed by atoms with Crippen molar-refractivity contribution < 1.29 is 4.74 Å². The third kappa shape index (κ3) is 2.05. The minimum Gasteiger partial charge on any atom is -0.378 e. The fourth-order valence-corrected chi connectivity index (χ4v) is 2.65. The second-order valence-corrected chi connectivity index (χ2v) is 4.61. The molecule has 1 spiro atoms. The van der Waals surface area contributed by atoms with E-state index in [9.17, 15) is 0 Å². The van der Waals surface area contributed by atoms with Crippen molar-refractivity contribution in [3.63, 3.8) is 0 Å². The molecule has 1 saturated carbocycles. The summed E-state index contributed by atoms with van der Waals surface area (Å²) in [5.74, 6) is 0. The first-order chi connectivity index (χ1) is 6.35. The Morgan fingerprint density at radius 2 is 2.08 bits per heavy atom. The van der Waals surface area contributed by atoms with E-state index in [1.165, 1.54) is 38.5 Å². The summed E-state index contributed by atoms with van der Waals surface area (Å²) in [6.07, 6.45) is 8.02. The Morgan fingerprint density at radius 1 is 1.31 bits per heavy atom.